The maximum absolute atomic E-state index is 12.1. The molecule has 0 atom stereocenters. The van der Waals surface area contributed by atoms with E-state index >= 15 is 0 Å². The van der Waals surface area contributed by atoms with Crippen LogP contribution in [0.2, 0.25) is 10.0 Å². The summed E-state index contributed by atoms with van der Waals surface area (Å²) in [6.45, 7) is 0. The van der Waals surface area contributed by atoms with E-state index in [1.807, 2.05) is 42.5 Å². The molecule has 1 amide bonds. The Morgan fingerprint density at radius 1 is 0.957 bits per heavy atom. The molecule has 3 aromatic rings. The summed E-state index contributed by atoms with van der Waals surface area (Å²) >= 11 is 11.9. The fourth-order valence-corrected chi connectivity index (χ4v) is 2.78. The molecule has 114 valence electrons. The van der Waals surface area contributed by atoms with E-state index in [4.69, 9.17) is 23.2 Å². The molecule has 0 aliphatic rings. The Bertz CT molecular complexity index is 898. The highest BCUT2D eigenvalue weighted by atomic mass is 35.5. The van der Waals surface area contributed by atoms with Crippen LogP contribution < -0.4 is 5.32 Å². The number of carbonyl (C=O) groups is 1. The van der Waals surface area contributed by atoms with Crippen LogP contribution in [0, 0.1) is 0 Å². The van der Waals surface area contributed by atoms with Crippen LogP contribution in [0.25, 0.3) is 16.8 Å². The minimum atomic E-state index is -0.248. The van der Waals surface area contributed by atoms with Crippen molar-refractivity contribution in [1.82, 2.24) is 0 Å². The van der Waals surface area contributed by atoms with Crippen molar-refractivity contribution in [2.24, 2.45) is 0 Å². The second-order valence-corrected chi connectivity index (χ2v) is 5.86. The molecule has 3 rings (SSSR count). The van der Waals surface area contributed by atoms with Gasteiger partial charge in [0.15, 0.2) is 0 Å². The lowest BCUT2D eigenvalue weighted by molar-refractivity contribution is -0.111. The molecule has 0 aliphatic heterocycles. The lowest BCUT2D eigenvalue weighted by Crippen LogP contribution is -2.08. The number of nitrogens with one attached hydrogen (secondary N) is 1. The fraction of sp³-hybridized carbons (Fsp3) is 0. The highest BCUT2D eigenvalue weighted by Crippen LogP contribution is 2.25. The zero-order chi connectivity index (χ0) is 16.2. The third-order valence-corrected chi connectivity index (χ3v) is 3.97. The van der Waals surface area contributed by atoms with Gasteiger partial charge in [0.2, 0.25) is 5.91 Å². The first-order valence-corrected chi connectivity index (χ1v) is 7.81. The maximum Gasteiger partial charge on any atom is 0.248 e. The molecular weight excluding hydrogens is 329 g/mol. The predicted molar refractivity (Wildman–Crippen MR) is 98.1 cm³/mol. The Morgan fingerprint density at radius 2 is 1.74 bits per heavy atom. The Labute approximate surface area is 144 Å². The van der Waals surface area contributed by atoms with Gasteiger partial charge in [0.25, 0.3) is 0 Å². The lowest BCUT2D eigenvalue weighted by Gasteiger charge is -2.05. The van der Waals surface area contributed by atoms with Crippen molar-refractivity contribution >= 4 is 51.6 Å². The number of benzene rings is 3. The SMILES string of the molecule is O=C(C=Cc1cccc2ccccc12)Nc1ccc(Cl)cc1Cl. The quantitative estimate of drug-likeness (QED) is 0.599. The van der Waals surface area contributed by atoms with E-state index in [9.17, 15) is 4.79 Å². The topological polar surface area (TPSA) is 29.1 Å². The van der Waals surface area contributed by atoms with Crippen LogP contribution >= 0.6 is 23.2 Å². The zero-order valence-electron chi connectivity index (χ0n) is 12.1. The minimum Gasteiger partial charge on any atom is -0.321 e. The molecule has 0 fully saturated rings. The van der Waals surface area contributed by atoms with Crippen molar-refractivity contribution in [3.8, 4) is 0 Å². The third kappa shape index (κ3) is 3.73. The van der Waals surface area contributed by atoms with Crippen LogP contribution in [0.5, 0.6) is 0 Å². The van der Waals surface area contributed by atoms with Crippen molar-refractivity contribution in [2.75, 3.05) is 5.32 Å². The summed E-state index contributed by atoms with van der Waals surface area (Å²) in [5, 5.41) is 5.91. The number of carbonyl (C=O) groups excluding carboxylic acids is 1. The Morgan fingerprint density at radius 3 is 2.57 bits per heavy atom. The summed E-state index contributed by atoms with van der Waals surface area (Å²) < 4.78 is 0. The van der Waals surface area contributed by atoms with Crippen LogP contribution in [0.3, 0.4) is 0 Å². The van der Waals surface area contributed by atoms with Crippen molar-refractivity contribution in [3.05, 3.63) is 82.3 Å². The van der Waals surface area contributed by atoms with E-state index in [2.05, 4.69) is 5.32 Å². The molecule has 0 saturated carbocycles. The summed E-state index contributed by atoms with van der Waals surface area (Å²) in [6.07, 6.45) is 3.29. The Kier molecular flexibility index (Phi) is 4.65. The van der Waals surface area contributed by atoms with Gasteiger partial charge in [0, 0.05) is 11.1 Å². The van der Waals surface area contributed by atoms with Gasteiger partial charge in [0.05, 0.1) is 10.7 Å². The summed E-state index contributed by atoms with van der Waals surface area (Å²) in [5.74, 6) is -0.248. The van der Waals surface area contributed by atoms with E-state index in [0.29, 0.717) is 15.7 Å². The number of fused-ring (bicyclic) bond motifs is 1. The smallest absolute Gasteiger partial charge is 0.248 e. The lowest BCUT2D eigenvalue weighted by atomic mass is 10.0. The Hall–Kier alpha value is -2.29. The van der Waals surface area contributed by atoms with Gasteiger partial charge >= 0.3 is 0 Å². The van der Waals surface area contributed by atoms with Gasteiger partial charge in [-0.25, -0.2) is 0 Å². The monoisotopic (exact) mass is 341 g/mol. The molecule has 0 bridgehead atoms. The van der Waals surface area contributed by atoms with Gasteiger partial charge in [-0.1, -0.05) is 65.7 Å². The second kappa shape index (κ2) is 6.86. The first kappa shape index (κ1) is 15.6. The predicted octanol–water partition coefficient (Wildman–Crippen LogP) is 5.80. The molecule has 0 radical (unpaired) electrons. The highest BCUT2D eigenvalue weighted by molar-refractivity contribution is 6.36. The van der Waals surface area contributed by atoms with E-state index < -0.39 is 0 Å². The van der Waals surface area contributed by atoms with Crippen molar-refractivity contribution < 1.29 is 4.79 Å². The number of hydrogen-bond acceptors (Lipinski definition) is 1. The number of amides is 1. The maximum atomic E-state index is 12.1. The van der Waals surface area contributed by atoms with Crippen LogP contribution in [0.4, 0.5) is 5.69 Å². The normalized spacial score (nSPS) is 11.0. The summed E-state index contributed by atoms with van der Waals surface area (Å²) in [4.78, 5) is 12.1. The summed E-state index contributed by atoms with van der Waals surface area (Å²) in [5.41, 5.74) is 1.52. The van der Waals surface area contributed by atoms with Gasteiger partial charge in [-0.05, 0) is 40.6 Å². The summed E-state index contributed by atoms with van der Waals surface area (Å²) in [6, 6.07) is 19.0. The van der Waals surface area contributed by atoms with Crippen LogP contribution in [-0.4, -0.2) is 5.91 Å². The average Bonchev–Trinajstić information content (AvgIpc) is 2.55. The molecule has 0 unspecified atom stereocenters. The van der Waals surface area contributed by atoms with Gasteiger partial charge in [-0.2, -0.15) is 0 Å². The van der Waals surface area contributed by atoms with E-state index in [-0.39, 0.29) is 5.91 Å². The van der Waals surface area contributed by atoms with Crippen LogP contribution in [0.1, 0.15) is 5.56 Å². The van der Waals surface area contributed by atoms with Gasteiger partial charge in [-0.3, -0.25) is 4.79 Å². The van der Waals surface area contributed by atoms with E-state index in [1.165, 1.54) is 6.08 Å². The summed E-state index contributed by atoms with van der Waals surface area (Å²) in [7, 11) is 0. The number of anilines is 1. The average molecular weight is 342 g/mol. The minimum absolute atomic E-state index is 0.248. The van der Waals surface area contributed by atoms with Crippen LogP contribution in [-0.2, 0) is 4.79 Å². The zero-order valence-corrected chi connectivity index (χ0v) is 13.6. The molecule has 23 heavy (non-hydrogen) atoms. The molecule has 3 aromatic carbocycles. The van der Waals surface area contributed by atoms with Gasteiger partial charge in [-0.15, -0.1) is 0 Å². The third-order valence-electron chi connectivity index (χ3n) is 3.43. The number of rotatable bonds is 3. The molecule has 0 heterocycles. The standard InChI is InChI=1S/C19H13Cl2NO/c20-15-9-10-18(17(21)12-15)22-19(23)11-8-14-6-3-5-13-4-1-2-7-16(13)14/h1-12H,(H,22,23). The number of hydrogen-bond donors (Lipinski definition) is 1. The van der Waals surface area contributed by atoms with Crippen molar-refractivity contribution in [3.63, 3.8) is 0 Å². The molecule has 0 saturated heterocycles. The molecule has 0 aliphatic carbocycles. The molecule has 2 nitrogen and oxygen atoms in total. The van der Waals surface area contributed by atoms with Crippen molar-refractivity contribution in [2.45, 2.75) is 0 Å². The molecule has 1 N–H and O–H groups in total. The fourth-order valence-electron chi connectivity index (χ4n) is 2.33. The van der Waals surface area contributed by atoms with E-state index in [1.54, 1.807) is 24.3 Å². The molecule has 4 heteroatoms. The molecular formula is C19H13Cl2NO. The molecule has 0 spiro atoms. The molecule has 0 aromatic heterocycles. The largest absolute Gasteiger partial charge is 0.321 e. The van der Waals surface area contributed by atoms with Crippen LogP contribution in [0.15, 0.2) is 66.7 Å². The first-order chi connectivity index (χ1) is 11.1. The van der Waals surface area contributed by atoms with Gasteiger partial charge in [0.1, 0.15) is 0 Å². The van der Waals surface area contributed by atoms with Crippen molar-refractivity contribution in [1.29, 1.82) is 0 Å². The number of halogens is 2. The second-order valence-electron chi connectivity index (χ2n) is 5.02. The van der Waals surface area contributed by atoms with E-state index in [0.717, 1.165) is 16.3 Å². The first-order valence-electron chi connectivity index (χ1n) is 7.05. The Balaban J connectivity index is 1.80. The van der Waals surface area contributed by atoms with Gasteiger partial charge < -0.3 is 5.32 Å². The highest BCUT2D eigenvalue weighted by Gasteiger charge is 2.04.